The number of aromatic nitrogens is 1. The number of carboxylic acid groups (broad SMARTS) is 1. The lowest BCUT2D eigenvalue weighted by molar-refractivity contribution is -0.137. The topological polar surface area (TPSA) is 122 Å². The number of nitrogens with one attached hydrogen (secondary N) is 1. The molecule has 1 aromatic heterocycles. The molecule has 0 spiro atoms. The SMILES string of the molecule is Nc1ncc(Cl)cc1S(=O)(=O)NCCCC(=O)O. The molecular formula is C9H12ClN3O4S. The Morgan fingerprint density at radius 1 is 1.56 bits per heavy atom. The maximum Gasteiger partial charge on any atom is 0.303 e. The van der Waals surface area contributed by atoms with Gasteiger partial charge < -0.3 is 10.8 Å². The van der Waals surface area contributed by atoms with Crippen molar-refractivity contribution in [3.05, 3.63) is 17.3 Å². The van der Waals surface area contributed by atoms with Crippen LogP contribution in [-0.4, -0.2) is 31.0 Å². The number of carboxylic acids is 1. The highest BCUT2D eigenvalue weighted by molar-refractivity contribution is 7.89. The average Bonchev–Trinajstić information content (AvgIpc) is 2.27. The van der Waals surface area contributed by atoms with Gasteiger partial charge in [0.1, 0.15) is 10.7 Å². The van der Waals surface area contributed by atoms with Gasteiger partial charge in [0, 0.05) is 19.2 Å². The van der Waals surface area contributed by atoms with E-state index in [4.69, 9.17) is 22.4 Å². The van der Waals surface area contributed by atoms with E-state index >= 15 is 0 Å². The fourth-order valence-corrected chi connectivity index (χ4v) is 2.57. The van der Waals surface area contributed by atoms with Gasteiger partial charge in [-0.15, -0.1) is 0 Å². The molecule has 100 valence electrons. The Hall–Kier alpha value is -1.38. The summed E-state index contributed by atoms with van der Waals surface area (Å²) < 4.78 is 25.9. The van der Waals surface area contributed by atoms with E-state index in [0.717, 1.165) is 0 Å². The van der Waals surface area contributed by atoms with E-state index in [2.05, 4.69) is 9.71 Å². The van der Waals surface area contributed by atoms with Gasteiger partial charge in [-0.05, 0) is 12.5 Å². The van der Waals surface area contributed by atoms with Crippen molar-refractivity contribution in [2.24, 2.45) is 0 Å². The Balaban J connectivity index is 2.74. The van der Waals surface area contributed by atoms with Gasteiger partial charge in [0.05, 0.1) is 5.02 Å². The van der Waals surface area contributed by atoms with Gasteiger partial charge in [0.2, 0.25) is 10.0 Å². The summed E-state index contributed by atoms with van der Waals surface area (Å²) in [7, 11) is -3.83. The van der Waals surface area contributed by atoms with Crippen LogP contribution in [0, 0.1) is 0 Å². The molecule has 0 amide bonds. The predicted molar refractivity (Wildman–Crippen MR) is 65.7 cm³/mol. The van der Waals surface area contributed by atoms with Crippen molar-refractivity contribution < 1.29 is 18.3 Å². The molecule has 0 atom stereocenters. The lowest BCUT2D eigenvalue weighted by Gasteiger charge is -2.08. The summed E-state index contributed by atoms with van der Waals surface area (Å²) in [5.41, 5.74) is 5.44. The molecule has 7 nitrogen and oxygen atoms in total. The second kappa shape index (κ2) is 5.98. The number of nitrogen functional groups attached to an aromatic ring is 1. The number of rotatable bonds is 6. The third-order valence-electron chi connectivity index (χ3n) is 2.00. The van der Waals surface area contributed by atoms with Gasteiger partial charge in [0.25, 0.3) is 0 Å². The number of nitrogens with zero attached hydrogens (tertiary/aromatic N) is 1. The highest BCUT2D eigenvalue weighted by atomic mass is 35.5. The molecule has 1 rings (SSSR count). The van der Waals surface area contributed by atoms with Gasteiger partial charge >= 0.3 is 5.97 Å². The summed E-state index contributed by atoms with van der Waals surface area (Å²) in [4.78, 5) is 13.7. The van der Waals surface area contributed by atoms with Crippen molar-refractivity contribution in [1.29, 1.82) is 0 Å². The predicted octanol–water partition coefficient (Wildman–Crippen LogP) is 0.460. The van der Waals surface area contributed by atoms with Crippen molar-refractivity contribution in [3.63, 3.8) is 0 Å². The third kappa shape index (κ3) is 4.13. The van der Waals surface area contributed by atoms with E-state index in [1.807, 2.05) is 0 Å². The Morgan fingerprint density at radius 3 is 2.83 bits per heavy atom. The zero-order chi connectivity index (χ0) is 13.8. The van der Waals surface area contributed by atoms with E-state index in [9.17, 15) is 13.2 Å². The molecule has 1 heterocycles. The molecule has 18 heavy (non-hydrogen) atoms. The lowest BCUT2D eigenvalue weighted by Crippen LogP contribution is -2.26. The quantitative estimate of drug-likeness (QED) is 0.655. The number of pyridine rings is 1. The Kier molecular flexibility index (Phi) is 4.88. The van der Waals surface area contributed by atoms with Gasteiger partial charge in [-0.25, -0.2) is 18.1 Å². The minimum absolute atomic E-state index is 0.000582. The van der Waals surface area contributed by atoms with Crippen LogP contribution >= 0.6 is 11.6 Å². The molecule has 4 N–H and O–H groups in total. The molecule has 0 fully saturated rings. The third-order valence-corrected chi connectivity index (χ3v) is 3.69. The molecule has 0 aliphatic heterocycles. The maximum atomic E-state index is 11.8. The van der Waals surface area contributed by atoms with Gasteiger partial charge in [-0.2, -0.15) is 0 Å². The number of hydrogen-bond donors (Lipinski definition) is 3. The lowest BCUT2D eigenvalue weighted by atomic mass is 10.3. The summed E-state index contributed by atoms with van der Waals surface area (Å²) in [6, 6.07) is 1.18. The van der Waals surface area contributed by atoms with Crippen LogP contribution in [0.2, 0.25) is 5.02 Å². The highest BCUT2D eigenvalue weighted by Crippen LogP contribution is 2.19. The van der Waals surface area contributed by atoms with E-state index in [1.165, 1.54) is 12.3 Å². The summed E-state index contributed by atoms with van der Waals surface area (Å²) in [6.45, 7) is 0.000582. The Bertz CT molecular complexity index is 547. The number of carbonyl (C=O) groups is 1. The van der Waals surface area contributed by atoms with Crippen LogP contribution in [0.5, 0.6) is 0 Å². The van der Waals surface area contributed by atoms with Crippen LogP contribution in [-0.2, 0) is 14.8 Å². The minimum atomic E-state index is -3.83. The van der Waals surface area contributed by atoms with Gasteiger partial charge in [-0.3, -0.25) is 4.79 Å². The van der Waals surface area contributed by atoms with Crippen LogP contribution < -0.4 is 10.5 Å². The molecular weight excluding hydrogens is 282 g/mol. The number of anilines is 1. The van der Waals surface area contributed by atoms with E-state index in [-0.39, 0.29) is 35.1 Å². The number of halogens is 1. The number of sulfonamides is 1. The molecule has 0 saturated heterocycles. The molecule has 0 aliphatic rings. The molecule has 0 bridgehead atoms. The molecule has 1 aromatic rings. The number of aliphatic carboxylic acids is 1. The van der Waals surface area contributed by atoms with Crippen molar-refractivity contribution in [2.75, 3.05) is 12.3 Å². The van der Waals surface area contributed by atoms with E-state index < -0.39 is 16.0 Å². The molecule has 0 aromatic carbocycles. The van der Waals surface area contributed by atoms with Crippen LogP contribution in [0.15, 0.2) is 17.2 Å². The van der Waals surface area contributed by atoms with Crippen molar-refractivity contribution >= 4 is 33.4 Å². The number of hydrogen-bond acceptors (Lipinski definition) is 5. The smallest absolute Gasteiger partial charge is 0.303 e. The van der Waals surface area contributed by atoms with Crippen LogP contribution in [0.3, 0.4) is 0 Å². The van der Waals surface area contributed by atoms with Gasteiger partial charge in [0.15, 0.2) is 0 Å². The average molecular weight is 294 g/mol. The Labute approximate surface area is 109 Å². The van der Waals surface area contributed by atoms with Crippen LogP contribution in [0.1, 0.15) is 12.8 Å². The fraction of sp³-hybridized carbons (Fsp3) is 0.333. The van der Waals surface area contributed by atoms with Crippen molar-refractivity contribution in [3.8, 4) is 0 Å². The summed E-state index contributed by atoms with van der Waals surface area (Å²) >= 11 is 5.64. The molecule has 9 heteroatoms. The second-order valence-corrected chi connectivity index (χ2v) is 5.60. The Morgan fingerprint density at radius 2 is 2.22 bits per heavy atom. The second-order valence-electron chi connectivity index (χ2n) is 3.43. The molecule has 0 saturated carbocycles. The molecule has 0 unspecified atom stereocenters. The first kappa shape index (κ1) is 14.7. The highest BCUT2D eigenvalue weighted by Gasteiger charge is 2.18. The van der Waals surface area contributed by atoms with Crippen molar-refractivity contribution in [2.45, 2.75) is 17.7 Å². The summed E-state index contributed by atoms with van der Waals surface area (Å²) in [5.74, 6) is -1.15. The standard InChI is InChI=1S/C9H12ClN3O4S/c10-6-4-7(9(11)12-5-6)18(16,17)13-3-1-2-8(14)15/h4-5,13H,1-3H2,(H2,11,12)(H,14,15). The summed E-state index contributed by atoms with van der Waals surface area (Å²) in [6.07, 6.45) is 1.30. The first-order chi connectivity index (χ1) is 8.33. The van der Waals surface area contributed by atoms with E-state index in [0.29, 0.717) is 0 Å². The normalized spacial score (nSPS) is 11.4. The monoisotopic (exact) mass is 293 g/mol. The molecule has 0 aliphatic carbocycles. The zero-order valence-electron chi connectivity index (χ0n) is 9.26. The first-order valence-electron chi connectivity index (χ1n) is 4.95. The van der Waals surface area contributed by atoms with Crippen LogP contribution in [0.25, 0.3) is 0 Å². The van der Waals surface area contributed by atoms with Gasteiger partial charge in [-0.1, -0.05) is 11.6 Å². The minimum Gasteiger partial charge on any atom is -0.481 e. The fourth-order valence-electron chi connectivity index (χ4n) is 1.17. The number of nitrogens with two attached hydrogens (primary N) is 1. The zero-order valence-corrected chi connectivity index (χ0v) is 10.8. The van der Waals surface area contributed by atoms with Crippen molar-refractivity contribution in [1.82, 2.24) is 9.71 Å². The molecule has 0 radical (unpaired) electrons. The van der Waals surface area contributed by atoms with Crippen LogP contribution in [0.4, 0.5) is 5.82 Å². The van der Waals surface area contributed by atoms with E-state index in [1.54, 1.807) is 0 Å². The maximum absolute atomic E-state index is 11.8. The largest absolute Gasteiger partial charge is 0.481 e. The first-order valence-corrected chi connectivity index (χ1v) is 6.81. The summed E-state index contributed by atoms with van der Waals surface area (Å²) in [5, 5.41) is 8.56.